The summed E-state index contributed by atoms with van der Waals surface area (Å²) in [7, 11) is 0. The Labute approximate surface area is 176 Å². The zero-order chi connectivity index (χ0) is 20.8. The van der Waals surface area contributed by atoms with Gasteiger partial charge in [0.1, 0.15) is 11.5 Å². The van der Waals surface area contributed by atoms with Gasteiger partial charge < -0.3 is 20.7 Å². The van der Waals surface area contributed by atoms with Crippen LogP contribution in [-0.4, -0.2) is 35.5 Å². The molecule has 0 radical (unpaired) electrons. The molecule has 1 fully saturated rings. The molecule has 3 aromatic rings. The van der Waals surface area contributed by atoms with Crippen LogP contribution < -0.4 is 15.8 Å². The molecule has 1 aliphatic heterocycles. The fourth-order valence-corrected chi connectivity index (χ4v) is 4.10. The van der Waals surface area contributed by atoms with Gasteiger partial charge in [-0.15, -0.1) is 0 Å². The Kier molecular flexibility index (Phi) is 5.95. The van der Waals surface area contributed by atoms with E-state index in [4.69, 9.17) is 10.5 Å². The number of para-hydroxylation sites is 1. The number of benzene rings is 2. The number of primary amides is 1. The van der Waals surface area contributed by atoms with Crippen LogP contribution in [0.4, 0.5) is 4.79 Å². The van der Waals surface area contributed by atoms with Gasteiger partial charge in [0, 0.05) is 32.0 Å². The van der Waals surface area contributed by atoms with Crippen LogP contribution in [0.2, 0.25) is 0 Å². The smallest absolute Gasteiger partial charge is 0.315 e. The normalized spacial score (nSPS) is 18.7. The maximum atomic E-state index is 12.3. The van der Waals surface area contributed by atoms with Crippen LogP contribution in [0, 0.1) is 0 Å². The lowest BCUT2D eigenvalue weighted by atomic mass is 9.81. The van der Waals surface area contributed by atoms with Crippen molar-refractivity contribution >= 4 is 6.03 Å². The molecule has 6 heteroatoms. The molecular formula is C24H26N4O2. The van der Waals surface area contributed by atoms with Gasteiger partial charge in [-0.05, 0) is 54.3 Å². The van der Waals surface area contributed by atoms with Crippen molar-refractivity contribution in [3.8, 4) is 11.5 Å². The molecule has 1 aromatic heterocycles. The molecule has 2 amide bonds. The first kappa shape index (κ1) is 19.9. The largest absolute Gasteiger partial charge is 0.457 e. The lowest BCUT2D eigenvalue weighted by molar-refractivity contribution is 0.0839. The zero-order valence-corrected chi connectivity index (χ0v) is 16.8. The molecule has 0 spiro atoms. The van der Waals surface area contributed by atoms with E-state index in [2.05, 4.69) is 16.4 Å². The number of aromatic nitrogens is 1. The van der Waals surface area contributed by atoms with Crippen molar-refractivity contribution in [3.63, 3.8) is 0 Å². The van der Waals surface area contributed by atoms with Gasteiger partial charge in [0.05, 0.1) is 5.54 Å². The predicted octanol–water partition coefficient (Wildman–Crippen LogP) is 3.69. The molecule has 2 aromatic carbocycles. The highest BCUT2D eigenvalue weighted by atomic mass is 16.5. The van der Waals surface area contributed by atoms with Gasteiger partial charge in [-0.25, -0.2) is 4.79 Å². The van der Waals surface area contributed by atoms with E-state index in [0.29, 0.717) is 13.1 Å². The molecule has 1 atom stereocenters. The number of hydrogen-bond donors (Lipinski definition) is 2. The summed E-state index contributed by atoms with van der Waals surface area (Å²) in [6.07, 6.45) is 5.17. The molecule has 2 heterocycles. The predicted molar refractivity (Wildman–Crippen MR) is 116 cm³/mol. The number of ether oxygens (including phenoxy) is 1. The number of pyridine rings is 1. The summed E-state index contributed by atoms with van der Waals surface area (Å²) < 4.78 is 5.93. The number of aryl methyl sites for hydroxylation is 1. The van der Waals surface area contributed by atoms with Gasteiger partial charge in [-0.1, -0.05) is 36.4 Å². The van der Waals surface area contributed by atoms with E-state index in [0.717, 1.165) is 42.0 Å². The van der Waals surface area contributed by atoms with Gasteiger partial charge in [0.15, 0.2) is 0 Å². The van der Waals surface area contributed by atoms with Crippen LogP contribution in [0.15, 0.2) is 79.1 Å². The molecule has 1 aliphatic rings. The summed E-state index contributed by atoms with van der Waals surface area (Å²) in [5, 5.41) is 3.45. The van der Waals surface area contributed by atoms with Crippen LogP contribution in [0.5, 0.6) is 11.5 Å². The number of carbonyl (C=O) groups is 1. The minimum absolute atomic E-state index is 0.396. The van der Waals surface area contributed by atoms with E-state index in [-0.39, 0.29) is 0 Å². The average molecular weight is 402 g/mol. The summed E-state index contributed by atoms with van der Waals surface area (Å²) in [4.78, 5) is 18.4. The van der Waals surface area contributed by atoms with Crippen LogP contribution in [0.25, 0.3) is 0 Å². The fourth-order valence-electron chi connectivity index (χ4n) is 4.10. The second kappa shape index (κ2) is 8.97. The average Bonchev–Trinajstić information content (AvgIpc) is 2.79. The first-order valence-electron chi connectivity index (χ1n) is 10.2. The Balaban J connectivity index is 1.62. The molecule has 6 nitrogen and oxygen atoms in total. The first-order chi connectivity index (χ1) is 14.7. The number of amides is 2. The minimum atomic E-state index is -0.523. The quantitative estimate of drug-likeness (QED) is 0.659. The molecule has 0 bridgehead atoms. The zero-order valence-electron chi connectivity index (χ0n) is 16.8. The number of rotatable bonds is 6. The number of carbonyl (C=O) groups excluding carboxylic acids is 1. The van der Waals surface area contributed by atoms with E-state index in [1.165, 1.54) is 0 Å². The van der Waals surface area contributed by atoms with Gasteiger partial charge in [0.25, 0.3) is 0 Å². The molecule has 1 saturated heterocycles. The Morgan fingerprint density at radius 1 is 1.07 bits per heavy atom. The first-order valence-corrected chi connectivity index (χ1v) is 10.2. The number of nitrogens with one attached hydrogen (secondary N) is 1. The maximum absolute atomic E-state index is 12.3. The molecule has 154 valence electrons. The second-order valence-corrected chi connectivity index (χ2v) is 7.50. The summed E-state index contributed by atoms with van der Waals surface area (Å²) in [6.45, 7) is 1.95. The van der Waals surface area contributed by atoms with E-state index in [1.807, 2.05) is 66.9 Å². The highest BCUT2D eigenvalue weighted by Crippen LogP contribution is 2.36. The van der Waals surface area contributed by atoms with Gasteiger partial charge >= 0.3 is 6.03 Å². The Morgan fingerprint density at radius 2 is 1.83 bits per heavy atom. The summed E-state index contributed by atoms with van der Waals surface area (Å²) in [5.74, 6) is 1.54. The minimum Gasteiger partial charge on any atom is -0.457 e. The van der Waals surface area contributed by atoms with Crippen molar-refractivity contribution in [2.45, 2.75) is 18.4 Å². The number of nitrogens with two attached hydrogens (primary N) is 1. The van der Waals surface area contributed by atoms with Gasteiger partial charge in [-0.3, -0.25) is 4.98 Å². The van der Waals surface area contributed by atoms with Crippen molar-refractivity contribution in [1.29, 1.82) is 0 Å². The fraction of sp³-hybridized carbons (Fsp3) is 0.250. The van der Waals surface area contributed by atoms with Crippen molar-refractivity contribution in [2.75, 3.05) is 19.6 Å². The molecule has 1 unspecified atom stereocenters. The third kappa shape index (κ3) is 4.28. The van der Waals surface area contributed by atoms with E-state index in [1.54, 1.807) is 11.1 Å². The highest BCUT2D eigenvalue weighted by Gasteiger charge is 2.42. The maximum Gasteiger partial charge on any atom is 0.315 e. The Morgan fingerprint density at radius 3 is 2.53 bits per heavy atom. The number of urea groups is 1. The summed E-state index contributed by atoms with van der Waals surface area (Å²) in [5.41, 5.74) is 7.46. The molecule has 0 saturated carbocycles. The van der Waals surface area contributed by atoms with Crippen LogP contribution in [0.1, 0.15) is 17.5 Å². The van der Waals surface area contributed by atoms with Gasteiger partial charge in [0.2, 0.25) is 0 Å². The van der Waals surface area contributed by atoms with Crippen LogP contribution in [0.3, 0.4) is 0 Å². The Bertz CT molecular complexity index is 964. The number of hydrogen-bond acceptors (Lipinski definition) is 4. The molecule has 3 N–H and O–H groups in total. The third-order valence-corrected chi connectivity index (χ3v) is 5.63. The SMILES string of the molecule is NC(=O)N1CCNCC1(CCc1cccnc1)c1ccc(Oc2ccccc2)cc1. The standard InChI is InChI=1S/C24H26N4O2/c25-23(29)28-16-15-27-18-24(28,13-12-19-5-4-14-26-17-19)20-8-10-22(11-9-20)30-21-6-2-1-3-7-21/h1-11,14,17,27H,12-13,15-16,18H2,(H2,25,29). The van der Waals surface area contributed by atoms with E-state index in [9.17, 15) is 4.79 Å². The van der Waals surface area contributed by atoms with Crippen LogP contribution in [-0.2, 0) is 12.0 Å². The Hall–Kier alpha value is -3.38. The molecule has 0 aliphatic carbocycles. The molecule has 4 rings (SSSR count). The van der Waals surface area contributed by atoms with E-state index < -0.39 is 11.6 Å². The topological polar surface area (TPSA) is 80.5 Å². The van der Waals surface area contributed by atoms with Crippen molar-refractivity contribution < 1.29 is 9.53 Å². The monoisotopic (exact) mass is 402 g/mol. The van der Waals surface area contributed by atoms with Gasteiger partial charge in [-0.2, -0.15) is 0 Å². The van der Waals surface area contributed by atoms with Crippen molar-refractivity contribution in [2.24, 2.45) is 5.73 Å². The highest BCUT2D eigenvalue weighted by molar-refractivity contribution is 5.73. The number of piperazine rings is 1. The van der Waals surface area contributed by atoms with Crippen molar-refractivity contribution in [3.05, 3.63) is 90.3 Å². The summed E-state index contributed by atoms with van der Waals surface area (Å²) in [6, 6.07) is 21.2. The van der Waals surface area contributed by atoms with Crippen molar-refractivity contribution in [1.82, 2.24) is 15.2 Å². The molecular weight excluding hydrogens is 376 g/mol. The summed E-state index contributed by atoms with van der Waals surface area (Å²) >= 11 is 0. The van der Waals surface area contributed by atoms with Crippen LogP contribution >= 0.6 is 0 Å². The lowest BCUT2D eigenvalue weighted by Gasteiger charge is -2.47. The number of nitrogens with zero attached hydrogens (tertiary/aromatic N) is 2. The lowest BCUT2D eigenvalue weighted by Crippen LogP contribution is -2.62. The molecule has 30 heavy (non-hydrogen) atoms. The second-order valence-electron chi connectivity index (χ2n) is 7.50. The van der Waals surface area contributed by atoms with E-state index >= 15 is 0 Å². The third-order valence-electron chi connectivity index (χ3n) is 5.63.